The zero-order chi connectivity index (χ0) is 19.9. The molecule has 1 fully saturated rings. The number of anilines is 1. The molecule has 0 atom stereocenters. The Kier molecular flexibility index (Phi) is 6.32. The van der Waals surface area contributed by atoms with Gasteiger partial charge in [0.25, 0.3) is 0 Å². The highest BCUT2D eigenvalue weighted by atomic mass is 35.5. The second-order valence-electron chi connectivity index (χ2n) is 7.01. The number of piperazine rings is 1. The Labute approximate surface area is 177 Å². The molecular weight excluding hydrogens is 382 g/mol. The third kappa shape index (κ3) is 5.52. The van der Waals surface area contributed by atoms with Gasteiger partial charge in [0.05, 0.1) is 19.3 Å². The van der Waals surface area contributed by atoms with Crippen molar-refractivity contribution in [1.29, 1.82) is 0 Å². The number of ether oxygens (including phenoxy) is 1. The molecule has 4 nitrogen and oxygen atoms in total. The number of hydrazone groups is 1. The lowest BCUT2D eigenvalue weighted by molar-refractivity contribution is 0.272. The third-order valence-corrected chi connectivity index (χ3v) is 5.18. The first-order valence-corrected chi connectivity index (χ1v) is 10.2. The number of rotatable bonds is 6. The van der Waals surface area contributed by atoms with E-state index in [0.717, 1.165) is 48.1 Å². The van der Waals surface area contributed by atoms with Crippen LogP contribution in [-0.4, -0.2) is 37.4 Å². The molecule has 3 aromatic rings. The molecule has 0 saturated carbocycles. The minimum Gasteiger partial charge on any atom is -0.489 e. The van der Waals surface area contributed by atoms with Crippen LogP contribution in [0.5, 0.6) is 5.75 Å². The normalized spacial score (nSPS) is 14.4. The van der Waals surface area contributed by atoms with Gasteiger partial charge >= 0.3 is 0 Å². The molecule has 3 aromatic carbocycles. The molecule has 0 unspecified atom stereocenters. The first-order chi connectivity index (χ1) is 14.3. The summed E-state index contributed by atoms with van der Waals surface area (Å²) >= 11 is 5.98. The van der Waals surface area contributed by atoms with E-state index in [9.17, 15) is 0 Å². The number of hydrogen-bond acceptors (Lipinski definition) is 4. The molecule has 1 aliphatic rings. The van der Waals surface area contributed by atoms with Gasteiger partial charge in [0.2, 0.25) is 0 Å². The van der Waals surface area contributed by atoms with E-state index in [2.05, 4.69) is 39.3 Å². The van der Waals surface area contributed by atoms with Gasteiger partial charge < -0.3 is 9.64 Å². The summed E-state index contributed by atoms with van der Waals surface area (Å²) in [6.07, 6.45) is 1.91. The standard InChI is InChI=1S/C24H24ClN3O/c25-22-9-11-23(12-10-22)27-13-15-28(16-14-27)26-18-21-7-4-8-24(17-21)29-19-20-5-2-1-3-6-20/h1-12,17-18H,13-16,19H2. The highest BCUT2D eigenvalue weighted by Crippen LogP contribution is 2.20. The average Bonchev–Trinajstić information content (AvgIpc) is 2.78. The average molecular weight is 406 g/mol. The SMILES string of the molecule is Clc1ccc(N2CCN(N=Cc3cccc(OCc4ccccc4)c3)CC2)cc1. The number of nitrogens with zero attached hydrogens (tertiary/aromatic N) is 3. The van der Waals surface area contributed by atoms with Crippen molar-refractivity contribution < 1.29 is 4.74 Å². The summed E-state index contributed by atoms with van der Waals surface area (Å²) < 4.78 is 5.90. The Morgan fingerprint density at radius 1 is 0.862 bits per heavy atom. The van der Waals surface area contributed by atoms with Crippen molar-refractivity contribution >= 4 is 23.5 Å². The minimum absolute atomic E-state index is 0.564. The summed E-state index contributed by atoms with van der Waals surface area (Å²) in [5.41, 5.74) is 3.40. The van der Waals surface area contributed by atoms with Crippen molar-refractivity contribution in [2.24, 2.45) is 5.10 Å². The monoisotopic (exact) mass is 405 g/mol. The molecule has 1 heterocycles. The number of benzene rings is 3. The van der Waals surface area contributed by atoms with Crippen molar-refractivity contribution in [3.63, 3.8) is 0 Å². The van der Waals surface area contributed by atoms with Crippen molar-refractivity contribution in [3.05, 3.63) is 95.0 Å². The zero-order valence-corrected chi connectivity index (χ0v) is 17.0. The summed E-state index contributed by atoms with van der Waals surface area (Å²) in [4.78, 5) is 2.36. The van der Waals surface area contributed by atoms with Gasteiger partial charge in [-0.1, -0.05) is 54.1 Å². The summed E-state index contributed by atoms with van der Waals surface area (Å²) in [7, 11) is 0. The van der Waals surface area contributed by atoms with E-state index < -0.39 is 0 Å². The van der Waals surface area contributed by atoms with Gasteiger partial charge in [0.15, 0.2) is 0 Å². The topological polar surface area (TPSA) is 28.1 Å². The smallest absolute Gasteiger partial charge is 0.120 e. The molecule has 1 aliphatic heterocycles. The van der Waals surface area contributed by atoms with Gasteiger partial charge in [-0.05, 0) is 47.5 Å². The number of hydrogen-bond donors (Lipinski definition) is 0. The van der Waals surface area contributed by atoms with Crippen LogP contribution in [0.2, 0.25) is 5.02 Å². The fourth-order valence-corrected chi connectivity index (χ4v) is 3.42. The van der Waals surface area contributed by atoms with Crippen molar-refractivity contribution in [2.75, 3.05) is 31.1 Å². The molecule has 5 heteroatoms. The molecule has 29 heavy (non-hydrogen) atoms. The molecule has 0 bridgehead atoms. The fraction of sp³-hybridized carbons (Fsp3) is 0.208. The van der Waals surface area contributed by atoms with Crippen LogP contribution in [0.4, 0.5) is 5.69 Å². The molecule has 0 spiro atoms. The quantitative estimate of drug-likeness (QED) is 0.535. The van der Waals surface area contributed by atoms with Crippen molar-refractivity contribution in [2.45, 2.75) is 6.61 Å². The van der Waals surface area contributed by atoms with E-state index in [1.54, 1.807) is 0 Å². The molecule has 0 aromatic heterocycles. The molecular formula is C24H24ClN3O. The van der Waals surface area contributed by atoms with Crippen LogP contribution in [0.25, 0.3) is 0 Å². The second-order valence-corrected chi connectivity index (χ2v) is 7.44. The molecule has 0 aliphatic carbocycles. The van der Waals surface area contributed by atoms with Gasteiger partial charge in [-0.25, -0.2) is 0 Å². The molecule has 0 N–H and O–H groups in total. The van der Waals surface area contributed by atoms with Gasteiger partial charge in [0.1, 0.15) is 12.4 Å². The molecule has 4 rings (SSSR count). The predicted octanol–water partition coefficient (Wildman–Crippen LogP) is 5.08. The van der Waals surface area contributed by atoms with Gasteiger partial charge in [0, 0.05) is 23.8 Å². The Bertz CT molecular complexity index is 936. The Morgan fingerprint density at radius 3 is 2.38 bits per heavy atom. The highest BCUT2D eigenvalue weighted by molar-refractivity contribution is 6.30. The van der Waals surface area contributed by atoms with Gasteiger partial charge in [-0.3, -0.25) is 5.01 Å². The van der Waals surface area contributed by atoms with E-state index in [4.69, 9.17) is 16.3 Å². The molecule has 1 saturated heterocycles. The van der Waals surface area contributed by atoms with Crippen molar-refractivity contribution in [3.8, 4) is 5.75 Å². The van der Waals surface area contributed by atoms with Crippen molar-refractivity contribution in [1.82, 2.24) is 5.01 Å². The first-order valence-electron chi connectivity index (χ1n) is 9.82. The van der Waals surface area contributed by atoms with Crippen LogP contribution in [0.3, 0.4) is 0 Å². The summed E-state index contributed by atoms with van der Waals surface area (Å²) in [5, 5.41) is 7.55. The fourth-order valence-electron chi connectivity index (χ4n) is 3.30. The number of halogens is 1. The van der Waals surface area contributed by atoms with E-state index >= 15 is 0 Å². The van der Waals surface area contributed by atoms with Crippen LogP contribution in [-0.2, 0) is 6.61 Å². The summed E-state index contributed by atoms with van der Waals surface area (Å²) in [6.45, 7) is 4.24. The van der Waals surface area contributed by atoms with Gasteiger partial charge in [-0.2, -0.15) is 5.10 Å². The predicted molar refractivity (Wildman–Crippen MR) is 120 cm³/mol. The van der Waals surface area contributed by atoms with Crippen LogP contribution in [0.15, 0.2) is 84.0 Å². The van der Waals surface area contributed by atoms with E-state index in [-0.39, 0.29) is 0 Å². The summed E-state index contributed by atoms with van der Waals surface area (Å²) in [5.74, 6) is 0.852. The van der Waals surface area contributed by atoms with Crippen LogP contribution in [0, 0.1) is 0 Å². The maximum absolute atomic E-state index is 5.98. The largest absolute Gasteiger partial charge is 0.489 e. The third-order valence-electron chi connectivity index (χ3n) is 4.92. The molecule has 148 valence electrons. The summed E-state index contributed by atoms with van der Waals surface area (Å²) in [6, 6.07) is 26.3. The Hall–Kier alpha value is -2.98. The lowest BCUT2D eigenvalue weighted by Crippen LogP contribution is -2.44. The van der Waals surface area contributed by atoms with E-state index in [1.165, 1.54) is 5.69 Å². The van der Waals surface area contributed by atoms with Crippen LogP contribution >= 0.6 is 11.6 Å². The molecule has 0 amide bonds. The minimum atomic E-state index is 0.564. The Balaban J connectivity index is 1.30. The van der Waals surface area contributed by atoms with Crippen LogP contribution < -0.4 is 9.64 Å². The lowest BCUT2D eigenvalue weighted by Gasteiger charge is -2.34. The second kappa shape index (κ2) is 9.48. The zero-order valence-electron chi connectivity index (χ0n) is 16.2. The first kappa shape index (κ1) is 19.3. The van der Waals surface area contributed by atoms with Gasteiger partial charge in [-0.15, -0.1) is 0 Å². The maximum Gasteiger partial charge on any atom is 0.120 e. The van der Waals surface area contributed by atoms with E-state index in [0.29, 0.717) is 6.61 Å². The highest BCUT2D eigenvalue weighted by Gasteiger charge is 2.15. The van der Waals surface area contributed by atoms with E-state index in [1.807, 2.05) is 60.8 Å². The van der Waals surface area contributed by atoms with Crippen LogP contribution in [0.1, 0.15) is 11.1 Å². The lowest BCUT2D eigenvalue weighted by atomic mass is 10.2. The Morgan fingerprint density at radius 2 is 1.62 bits per heavy atom. The maximum atomic E-state index is 5.98. The molecule has 0 radical (unpaired) electrons.